The summed E-state index contributed by atoms with van der Waals surface area (Å²) in [6, 6.07) is 19.8. The molecule has 3 aromatic carbocycles. The largest absolute Gasteiger partial charge is 0.489 e. The average molecular weight is 276 g/mol. The lowest BCUT2D eigenvalue weighted by molar-refractivity contribution is 0.103. The summed E-state index contributed by atoms with van der Waals surface area (Å²) in [6.07, 6.45) is 0. The number of carbonyl (C=O) groups is 1. The van der Waals surface area contributed by atoms with Gasteiger partial charge in [0.15, 0.2) is 5.78 Å². The second-order valence-corrected chi connectivity index (χ2v) is 4.85. The minimum Gasteiger partial charge on any atom is -0.423 e. The molecule has 0 atom stereocenters. The van der Waals surface area contributed by atoms with Crippen LogP contribution in [-0.4, -0.2) is 22.9 Å². The van der Waals surface area contributed by atoms with E-state index in [1.165, 1.54) is 0 Å². The third kappa shape index (κ3) is 2.59. The number of benzene rings is 3. The third-order valence-corrected chi connectivity index (χ3v) is 3.50. The Kier molecular flexibility index (Phi) is 3.56. The highest BCUT2D eigenvalue weighted by Gasteiger charge is 2.20. The van der Waals surface area contributed by atoms with Crippen molar-refractivity contribution in [2.24, 2.45) is 0 Å². The van der Waals surface area contributed by atoms with E-state index in [-0.39, 0.29) is 11.2 Å². The molecule has 0 aromatic heterocycles. The molecular weight excluding hydrogens is 263 g/mol. The van der Waals surface area contributed by atoms with E-state index in [1.54, 1.807) is 30.3 Å². The molecule has 4 heteroatoms. The zero-order chi connectivity index (χ0) is 14.8. The van der Waals surface area contributed by atoms with Gasteiger partial charge in [-0.2, -0.15) is 0 Å². The zero-order valence-electron chi connectivity index (χ0n) is 11.2. The molecule has 3 rings (SSSR count). The number of rotatable bonds is 3. The van der Waals surface area contributed by atoms with Crippen molar-refractivity contribution in [3.63, 3.8) is 0 Å². The maximum absolute atomic E-state index is 12.6. The van der Waals surface area contributed by atoms with E-state index in [0.29, 0.717) is 11.1 Å². The second kappa shape index (κ2) is 5.52. The van der Waals surface area contributed by atoms with E-state index in [9.17, 15) is 14.8 Å². The first-order valence-electron chi connectivity index (χ1n) is 6.65. The lowest BCUT2D eigenvalue weighted by atomic mass is 9.75. The van der Waals surface area contributed by atoms with Gasteiger partial charge in [0, 0.05) is 11.1 Å². The molecule has 0 radical (unpaired) electrons. The molecule has 0 fully saturated rings. The van der Waals surface area contributed by atoms with Crippen LogP contribution in [0.1, 0.15) is 15.9 Å². The predicted octanol–water partition coefficient (Wildman–Crippen LogP) is 1.75. The van der Waals surface area contributed by atoms with Gasteiger partial charge in [-0.25, -0.2) is 0 Å². The third-order valence-electron chi connectivity index (χ3n) is 3.50. The molecule has 2 N–H and O–H groups in total. The Bertz CT molecular complexity index is 812. The van der Waals surface area contributed by atoms with Crippen LogP contribution >= 0.6 is 0 Å². The van der Waals surface area contributed by atoms with Crippen LogP contribution in [-0.2, 0) is 0 Å². The van der Waals surface area contributed by atoms with Gasteiger partial charge in [0.1, 0.15) is 0 Å². The van der Waals surface area contributed by atoms with Crippen LogP contribution in [0.4, 0.5) is 0 Å². The summed E-state index contributed by atoms with van der Waals surface area (Å²) >= 11 is 0. The van der Waals surface area contributed by atoms with Crippen molar-refractivity contribution in [3.05, 3.63) is 77.9 Å². The lowest BCUT2D eigenvalue weighted by Crippen LogP contribution is -2.34. The number of hydrogen-bond acceptors (Lipinski definition) is 3. The van der Waals surface area contributed by atoms with Gasteiger partial charge >= 0.3 is 7.12 Å². The normalized spacial score (nSPS) is 10.6. The molecule has 0 amide bonds. The van der Waals surface area contributed by atoms with Crippen molar-refractivity contribution in [1.82, 2.24) is 0 Å². The topological polar surface area (TPSA) is 57.5 Å². The number of ketones is 1. The van der Waals surface area contributed by atoms with Crippen LogP contribution in [0, 0.1) is 0 Å². The summed E-state index contributed by atoms with van der Waals surface area (Å²) in [4.78, 5) is 12.6. The predicted molar refractivity (Wildman–Crippen MR) is 83.6 cm³/mol. The molecule has 0 saturated heterocycles. The van der Waals surface area contributed by atoms with Gasteiger partial charge in [-0.15, -0.1) is 0 Å². The van der Waals surface area contributed by atoms with E-state index >= 15 is 0 Å². The summed E-state index contributed by atoms with van der Waals surface area (Å²) < 4.78 is 0. The van der Waals surface area contributed by atoms with Crippen molar-refractivity contribution >= 4 is 29.1 Å². The Morgan fingerprint density at radius 2 is 1.48 bits per heavy atom. The summed E-state index contributed by atoms with van der Waals surface area (Å²) in [5, 5.41) is 20.8. The fourth-order valence-corrected chi connectivity index (χ4v) is 2.42. The molecule has 0 bridgehead atoms. The first-order chi connectivity index (χ1) is 10.2. The molecule has 0 heterocycles. The Morgan fingerprint density at radius 1 is 0.810 bits per heavy atom. The van der Waals surface area contributed by atoms with Crippen molar-refractivity contribution in [2.45, 2.75) is 0 Å². The van der Waals surface area contributed by atoms with Crippen LogP contribution in [0.15, 0.2) is 66.7 Å². The molecule has 3 nitrogen and oxygen atoms in total. The SMILES string of the molecule is O=C(c1ccc2ccccc2c1)c1ccccc1B(O)O. The van der Waals surface area contributed by atoms with Crippen LogP contribution in [0.3, 0.4) is 0 Å². The van der Waals surface area contributed by atoms with Gasteiger partial charge in [-0.05, 0) is 22.3 Å². The summed E-state index contributed by atoms with van der Waals surface area (Å²) in [7, 11) is -1.66. The number of fused-ring (bicyclic) bond motifs is 1. The van der Waals surface area contributed by atoms with Crippen LogP contribution in [0.5, 0.6) is 0 Å². The van der Waals surface area contributed by atoms with Gasteiger partial charge < -0.3 is 10.0 Å². The zero-order valence-corrected chi connectivity index (χ0v) is 11.2. The maximum Gasteiger partial charge on any atom is 0.489 e. The summed E-state index contributed by atoms with van der Waals surface area (Å²) in [5.41, 5.74) is 1.06. The fourth-order valence-electron chi connectivity index (χ4n) is 2.42. The molecule has 0 unspecified atom stereocenters. The minimum absolute atomic E-state index is 0.218. The molecule has 102 valence electrons. The molecular formula is C17H13BO3. The van der Waals surface area contributed by atoms with Gasteiger partial charge in [0.2, 0.25) is 0 Å². The number of carbonyl (C=O) groups excluding carboxylic acids is 1. The van der Waals surface area contributed by atoms with E-state index in [2.05, 4.69) is 0 Å². The maximum atomic E-state index is 12.6. The molecule has 21 heavy (non-hydrogen) atoms. The highest BCUT2D eigenvalue weighted by molar-refractivity contribution is 6.60. The molecule has 0 saturated carbocycles. The van der Waals surface area contributed by atoms with Crippen molar-refractivity contribution in [2.75, 3.05) is 0 Å². The first kappa shape index (κ1) is 13.6. The lowest BCUT2D eigenvalue weighted by Gasteiger charge is -2.08. The van der Waals surface area contributed by atoms with Crippen LogP contribution in [0.25, 0.3) is 10.8 Å². The molecule has 3 aromatic rings. The molecule has 0 aliphatic carbocycles. The smallest absolute Gasteiger partial charge is 0.423 e. The van der Waals surface area contributed by atoms with Crippen molar-refractivity contribution < 1.29 is 14.8 Å². The minimum atomic E-state index is -1.66. The Labute approximate surface area is 122 Å². The van der Waals surface area contributed by atoms with E-state index in [1.807, 2.05) is 36.4 Å². The van der Waals surface area contributed by atoms with Crippen molar-refractivity contribution in [1.29, 1.82) is 0 Å². The number of hydrogen-bond donors (Lipinski definition) is 2. The monoisotopic (exact) mass is 276 g/mol. The Hall–Kier alpha value is -2.43. The second-order valence-electron chi connectivity index (χ2n) is 4.85. The standard InChI is InChI=1S/C17H13BO3/c19-17(15-7-3-4-8-16(15)18(20)21)14-10-9-12-5-1-2-6-13(12)11-14/h1-11,20-21H. The summed E-state index contributed by atoms with van der Waals surface area (Å²) in [5.74, 6) is -0.218. The Morgan fingerprint density at radius 3 is 2.24 bits per heavy atom. The fraction of sp³-hybridized carbons (Fsp3) is 0. The van der Waals surface area contributed by atoms with Crippen LogP contribution in [0.2, 0.25) is 0 Å². The van der Waals surface area contributed by atoms with Gasteiger partial charge in [0.05, 0.1) is 0 Å². The van der Waals surface area contributed by atoms with Gasteiger partial charge in [-0.3, -0.25) is 4.79 Å². The Balaban J connectivity index is 2.08. The molecule has 0 aliphatic heterocycles. The van der Waals surface area contributed by atoms with Crippen molar-refractivity contribution in [3.8, 4) is 0 Å². The van der Waals surface area contributed by atoms with Gasteiger partial charge in [0.25, 0.3) is 0 Å². The van der Waals surface area contributed by atoms with Gasteiger partial charge in [-0.1, -0.05) is 60.7 Å². The molecule has 0 spiro atoms. The van der Waals surface area contributed by atoms with E-state index < -0.39 is 7.12 Å². The first-order valence-corrected chi connectivity index (χ1v) is 6.65. The molecule has 0 aliphatic rings. The highest BCUT2D eigenvalue weighted by Crippen LogP contribution is 2.17. The summed E-state index contributed by atoms with van der Waals surface area (Å²) in [6.45, 7) is 0. The average Bonchev–Trinajstić information content (AvgIpc) is 2.53. The van der Waals surface area contributed by atoms with E-state index in [4.69, 9.17) is 0 Å². The quantitative estimate of drug-likeness (QED) is 0.566. The highest BCUT2D eigenvalue weighted by atomic mass is 16.4. The van der Waals surface area contributed by atoms with E-state index in [0.717, 1.165) is 10.8 Å². The van der Waals surface area contributed by atoms with Crippen LogP contribution < -0.4 is 5.46 Å².